The third kappa shape index (κ3) is 3.27. The van der Waals surface area contributed by atoms with Crippen molar-refractivity contribution in [2.45, 2.75) is 29.4 Å². The van der Waals surface area contributed by atoms with Crippen LogP contribution in [0.15, 0.2) is 58.9 Å². The van der Waals surface area contributed by atoms with Crippen LogP contribution >= 0.6 is 0 Å². The molecule has 21 heavy (non-hydrogen) atoms. The van der Waals surface area contributed by atoms with Crippen LogP contribution in [0.2, 0.25) is 0 Å². The Hall–Kier alpha value is -1.40. The largest absolute Gasteiger partial charge is 0.228 e. The van der Waals surface area contributed by atoms with Crippen molar-refractivity contribution in [1.82, 2.24) is 0 Å². The number of sulfone groups is 2. The first-order valence-electron chi connectivity index (χ1n) is 6.72. The fraction of sp³-hybridized carbons (Fsp3) is 0.333. The zero-order chi connectivity index (χ0) is 15.5. The highest BCUT2D eigenvalue weighted by Gasteiger charge is 2.40. The summed E-state index contributed by atoms with van der Waals surface area (Å²) in [6.07, 6.45) is 4.64. The van der Waals surface area contributed by atoms with Crippen LogP contribution < -0.4 is 0 Å². The Morgan fingerprint density at radius 1 is 1.24 bits per heavy atom. The van der Waals surface area contributed by atoms with Gasteiger partial charge in [0.05, 0.1) is 20.8 Å². The van der Waals surface area contributed by atoms with Crippen molar-refractivity contribution in [2.75, 3.05) is 5.75 Å². The van der Waals surface area contributed by atoms with Gasteiger partial charge in [-0.1, -0.05) is 30.4 Å². The number of allylic oxidation sites excluding steroid dienone is 1. The molecule has 0 aliphatic carbocycles. The second kappa shape index (κ2) is 6.15. The van der Waals surface area contributed by atoms with Crippen molar-refractivity contribution in [2.24, 2.45) is 0 Å². The Morgan fingerprint density at radius 3 is 2.52 bits per heavy atom. The molecule has 2 rings (SSSR count). The standard InChI is InChI=1S/C15H18O4S2/c1-2-3-5-10-14-15(11-12-20(14,16)17)21(18,19)13-8-6-4-7-9-13/h2,4,6-9,11,14H,1,3,5,10,12H2. The lowest BCUT2D eigenvalue weighted by molar-refractivity contribution is 0.579. The van der Waals surface area contributed by atoms with E-state index >= 15 is 0 Å². The maximum atomic E-state index is 12.6. The maximum absolute atomic E-state index is 12.6. The highest BCUT2D eigenvalue weighted by molar-refractivity contribution is 7.99. The topological polar surface area (TPSA) is 68.3 Å². The molecule has 0 bridgehead atoms. The van der Waals surface area contributed by atoms with Crippen molar-refractivity contribution >= 4 is 19.7 Å². The van der Waals surface area contributed by atoms with Gasteiger partial charge in [-0.25, -0.2) is 16.8 Å². The molecule has 1 aromatic carbocycles. The van der Waals surface area contributed by atoms with Crippen LogP contribution in [0.25, 0.3) is 0 Å². The van der Waals surface area contributed by atoms with E-state index in [4.69, 9.17) is 0 Å². The third-order valence-corrected chi connectivity index (χ3v) is 7.61. The Balaban J connectivity index is 2.35. The van der Waals surface area contributed by atoms with Gasteiger partial charge in [0.15, 0.2) is 9.84 Å². The predicted molar refractivity (Wildman–Crippen MR) is 83.3 cm³/mol. The van der Waals surface area contributed by atoms with E-state index in [1.165, 1.54) is 18.2 Å². The molecule has 1 aromatic rings. The van der Waals surface area contributed by atoms with E-state index in [1.807, 2.05) is 0 Å². The summed E-state index contributed by atoms with van der Waals surface area (Å²) in [6, 6.07) is 7.96. The van der Waals surface area contributed by atoms with E-state index in [-0.39, 0.29) is 15.6 Å². The Labute approximate surface area is 126 Å². The van der Waals surface area contributed by atoms with Crippen LogP contribution in [0.4, 0.5) is 0 Å². The second-order valence-electron chi connectivity index (χ2n) is 4.96. The summed E-state index contributed by atoms with van der Waals surface area (Å²) in [4.78, 5) is 0.167. The van der Waals surface area contributed by atoms with Crippen molar-refractivity contribution < 1.29 is 16.8 Å². The van der Waals surface area contributed by atoms with Crippen LogP contribution in [0.3, 0.4) is 0 Å². The number of benzene rings is 1. The molecule has 0 N–H and O–H groups in total. The lowest BCUT2D eigenvalue weighted by Gasteiger charge is -2.14. The average molecular weight is 326 g/mol. The zero-order valence-corrected chi connectivity index (χ0v) is 13.2. The van der Waals surface area contributed by atoms with Gasteiger partial charge in [0.25, 0.3) is 0 Å². The minimum absolute atomic E-state index is 0.0257. The van der Waals surface area contributed by atoms with Gasteiger partial charge in [0.1, 0.15) is 0 Å². The molecule has 1 atom stereocenters. The molecule has 0 saturated heterocycles. The fourth-order valence-corrected chi connectivity index (χ4v) is 6.51. The summed E-state index contributed by atoms with van der Waals surface area (Å²) in [5, 5.41) is -0.928. The first-order chi connectivity index (χ1) is 9.89. The van der Waals surface area contributed by atoms with E-state index in [0.29, 0.717) is 19.3 Å². The fourth-order valence-electron chi connectivity index (χ4n) is 2.41. The molecule has 0 aromatic heterocycles. The average Bonchev–Trinajstić information content (AvgIpc) is 2.76. The lowest BCUT2D eigenvalue weighted by atomic mass is 10.2. The molecule has 0 fully saturated rings. The van der Waals surface area contributed by atoms with Gasteiger partial charge in [-0.05, 0) is 31.4 Å². The first-order valence-corrected chi connectivity index (χ1v) is 9.92. The molecule has 0 amide bonds. The second-order valence-corrected chi connectivity index (χ2v) is 9.14. The smallest absolute Gasteiger partial charge is 0.203 e. The molecular weight excluding hydrogens is 308 g/mol. The molecule has 1 aliphatic heterocycles. The summed E-state index contributed by atoms with van der Waals surface area (Å²) < 4.78 is 49.4. The van der Waals surface area contributed by atoms with Crippen molar-refractivity contribution in [3.8, 4) is 0 Å². The van der Waals surface area contributed by atoms with E-state index in [1.54, 1.807) is 24.3 Å². The molecule has 114 valence electrons. The van der Waals surface area contributed by atoms with Crippen LogP contribution in [-0.2, 0) is 19.7 Å². The molecule has 1 heterocycles. The lowest BCUT2D eigenvalue weighted by Crippen LogP contribution is -2.23. The molecule has 0 saturated carbocycles. The summed E-state index contributed by atoms with van der Waals surface area (Å²) in [5.74, 6) is -0.201. The van der Waals surface area contributed by atoms with Crippen LogP contribution in [0.5, 0.6) is 0 Å². The highest BCUT2D eigenvalue weighted by atomic mass is 32.2. The normalized spacial score (nSPS) is 21.0. The Morgan fingerprint density at radius 2 is 1.90 bits per heavy atom. The number of hydrogen-bond donors (Lipinski definition) is 0. The van der Waals surface area contributed by atoms with Gasteiger partial charge >= 0.3 is 0 Å². The first kappa shape index (κ1) is 16.0. The van der Waals surface area contributed by atoms with E-state index in [0.717, 1.165) is 0 Å². The molecule has 1 aliphatic rings. The Bertz CT molecular complexity index is 744. The van der Waals surface area contributed by atoms with Crippen molar-refractivity contribution in [1.29, 1.82) is 0 Å². The zero-order valence-electron chi connectivity index (χ0n) is 11.6. The van der Waals surface area contributed by atoms with Crippen LogP contribution in [-0.4, -0.2) is 27.8 Å². The van der Waals surface area contributed by atoms with Gasteiger partial charge < -0.3 is 0 Å². The highest BCUT2D eigenvalue weighted by Crippen LogP contribution is 2.33. The van der Waals surface area contributed by atoms with Crippen LogP contribution in [0.1, 0.15) is 19.3 Å². The van der Waals surface area contributed by atoms with Gasteiger partial charge in [0, 0.05) is 0 Å². The molecule has 6 heteroatoms. The van der Waals surface area contributed by atoms with E-state index in [2.05, 4.69) is 6.58 Å². The SMILES string of the molecule is C=CCCCC1C(S(=O)(=O)c2ccccc2)=CCS1(=O)=O. The van der Waals surface area contributed by atoms with Crippen LogP contribution in [0, 0.1) is 0 Å². The quantitative estimate of drug-likeness (QED) is 0.595. The molecule has 4 nitrogen and oxygen atoms in total. The number of rotatable bonds is 6. The number of hydrogen-bond acceptors (Lipinski definition) is 4. The molecule has 0 spiro atoms. The minimum Gasteiger partial charge on any atom is -0.228 e. The summed E-state index contributed by atoms with van der Waals surface area (Å²) in [5.41, 5.74) is 0. The summed E-state index contributed by atoms with van der Waals surface area (Å²) >= 11 is 0. The van der Waals surface area contributed by atoms with Gasteiger partial charge in [-0.15, -0.1) is 6.58 Å². The summed E-state index contributed by atoms with van der Waals surface area (Å²) in [6.45, 7) is 3.59. The predicted octanol–water partition coefficient (Wildman–Crippen LogP) is 2.50. The van der Waals surface area contributed by atoms with Gasteiger partial charge in [-0.3, -0.25) is 0 Å². The van der Waals surface area contributed by atoms with Gasteiger partial charge in [0.2, 0.25) is 9.84 Å². The molecular formula is C15H18O4S2. The Kier molecular flexibility index (Phi) is 4.68. The van der Waals surface area contributed by atoms with Crippen molar-refractivity contribution in [3.05, 3.63) is 54.0 Å². The minimum atomic E-state index is -3.74. The summed E-state index contributed by atoms with van der Waals surface area (Å²) in [7, 11) is -7.15. The molecule has 0 radical (unpaired) electrons. The van der Waals surface area contributed by atoms with Crippen molar-refractivity contribution in [3.63, 3.8) is 0 Å². The maximum Gasteiger partial charge on any atom is 0.203 e. The van der Waals surface area contributed by atoms with E-state index < -0.39 is 24.9 Å². The van der Waals surface area contributed by atoms with E-state index in [9.17, 15) is 16.8 Å². The molecule has 1 unspecified atom stereocenters. The van der Waals surface area contributed by atoms with Gasteiger partial charge in [-0.2, -0.15) is 0 Å². The number of unbranched alkanes of at least 4 members (excludes halogenated alkanes) is 1. The third-order valence-electron chi connectivity index (χ3n) is 3.51. The monoisotopic (exact) mass is 326 g/mol.